The van der Waals surface area contributed by atoms with Gasteiger partial charge in [0.1, 0.15) is 5.75 Å². The number of benzene rings is 2. The number of hydrogen-bond donors (Lipinski definition) is 2. The monoisotopic (exact) mass is 388 g/mol. The van der Waals surface area contributed by atoms with E-state index in [1.807, 2.05) is 6.07 Å². The van der Waals surface area contributed by atoms with Gasteiger partial charge < -0.3 is 19.5 Å². The highest BCUT2D eigenvalue weighted by atomic mass is 32.1. The molecule has 0 aromatic heterocycles. The first-order valence-electron chi connectivity index (χ1n) is 8.50. The Morgan fingerprint density at radius 2 is 1.81 bits per heavy atom. The van der Waals surface area contributed by atoms with Crippen molar-refractivity contribution in [2.45, 2.75) is 13.8 Å². The van der Waals surface area contributed by atoms with E-state index in [4.69, 9.17) is 26.4 Å². The number of carbonyl (C=O) groups excluding carboxylic acids is 1. The first-order valence-corrected chi connectivity index (χ1v) is 8.91. The van der Waals surface area contributed by atoms with Gasteiger partial charge in [-0.3, -0.25) is 10.1 Å². The molecule has 0 fully saturated rings. The number of hydrogen-bond acceptors (Lipinski definition) is 5. The Kier molecular flexibility index (Phi) is 7.43. The van der Waals surface area contributed by atoms with E-state index in [-0.39, 0.29) is 11.0 Å². The summed E-state index contributed by atoms with van der Waals surface area (Å²) in [6.45, 7) is 4.72. The minimum atomic E-state index is -0.317. The van der Waals surface area contributed by atoms with Crippen LogP contribution in [-0.2, 0) is 0 Å². The lowest BCUT2D eigenvalue weighted by Gasteiger charge is -2.13. The predicted molar refractivity (Wildman–Crippen MR) is 110 cm³/mol. The lowest BCUT2D eigenvalue weighted by molar-refractivity contribution is 0.0977. The molecule has 144 valence electrons. The third-order valence-electron chi connectivity index (χ3n) is 3.55. The molecule has 0 aliphatic rings. The molecule has 2 rings (SSSR count). The van der Waals surface area contributed by atoms with Crippen LogP contribution in [0.5, 0.6) is 17.2 Å². The molecule has 7 heteroatoms. The second-order valence-electron chi connectivity index (χ2n) is 6.21. The number of thiocarbonyl (C=S) groups is 1. The summed E-state index contributed by atoms with van der Waals surface area (Å²) >= 11 is 5.22. The Hall–Kier alpha value is -2.80. The van der Waals surface area contributed by atoms with Crippen molar-refractivity contribution in [1.29, 1.82) is 0 Å². The highest BCUT2D eigenvalue weighted by Crippen LogP contribution is 2.29. The molecular formula is C20H24N2O4S. The second-order valence-corrected chi connectivity index (χ2v) is 6.62. The second kappa shape index (κ2) is 9.78. The quantitative estimate of drug-likeness (QED) is 0.702. The summed E-state index contributed by atoms with van der Waals surface area (Å²) in [6, 6.07) is 12.3. The van der Waals surface area contributed by atoms with E-state index in [2.05, 4.69) is 24.5 Å². The number of anilines is 1. The highest BCUT2D eigenvalue weighted by molar-refractivity contribution is 7.80. The minimum Gasteiger partial charge on any atom is -0.493 e. The van der Waals surface area contributed by atoms with E-state index in [9.17, 15) is 4.79 Å². The molecule has 0 bridgehead atoms. The van der Waals surface area contributed by atoms with Crippen LogP contribution in [-0.4, -0.2) is 31.8 Å². The number of rotatable bonds is 7. The Bertz CT molecular complexity index is 808. The topological polar surface area (TPSA) is 68.8 Å². The minimum absolute atomic E-state index is 0.181. The van der Waals surface area contributed by atoms with Gasteiger partial charge in [-0.1, -0.05) is 19.9 Å². The van der Waals surface area contributed by atoms with Gasteiger partial charge in [0.15, 0.2) is 16.6 Å². The summed E-state index contributed by atoms with van der Waals surface area (Å²) in [4.78, 5) is 12.4. The molecule has 0 spiro atoms. The van der Waals surface area contributed by atoms with E-state index >= 15 is 0 Å². The van der Waals surface area contributed by atoms with Crippen molar-refractivity contribution in [1.82, 2.24) is 5.32 Å². The SMILES string of the molecule is COc1ccc(NC(=S)NC(=O)c2cccc(OCC(C)C)c2)cc1OC. The maximum absolute atomic E-state index is 12.4. The van der Waals surface area contributed by atoms with Crippen molar-refractivity contribution < 1.29 is 19.0 Å². The molecular weight excluding hydrogens is 364 g/mol. The van der Waals surface area contributed by atoms with Gasteiger partial charge in [0.25, 0.3) is 5.91 Å². The number of amides is 1. The molecule has 0 saturated heterocycles. The van der Waals surface area contributed by atoms with Crippen molar-refractivity contribution in [3.05, 3.63) is 48.0 Å². The van der Waals surface area contributed by atoms with Gasteiger partial charge in [0.2, 0.25) is 0 Å². The average molecular weight is 388 g/mol. The van der Waals surface area contributed by atoms with Gasteiger partial charge >= 0.3 is 0 Å². The summed E-state index contributed by atoms with van der Waals surface area (Å²) < 4.78 is 16.1. The Balaban J connectivity index is 1.99. The fourth-order valence-electron chi connectivity index (χ4n) is 2.24. The fourth-order valence-corrected chi connectivity index (χ4v) is 2.45. The molecule has 2 aromatic rings. The Morgan fingerprint density at radius 1 is 1.07 bits per heavy atom. The third-order valence-corrected chi connectivity index (χ3v) is 3.75. The molecule has 6 nitrogen and oxygen atoms in total. The smallest absolute Gasteiger partial charge is 0.257 e. The Morgan fingerprint density at radius 3 is 2.48 bits per heavy atom. The summed E-state index contributed by atoms with van der Waals surface area (Å²) in [5.41, 5.74) is 1.14. The Labute approximate surface area is 164 Å². The zero-order chi connectivity index (χ0) is 19.8. The van der Waals surface area contributed by atoms with Crippen molar-refractivity contribution in [2.24, 2.45) is 5.92 Å². The van der Waals surface area contributed by atoms with Gasteiger partial charge in [0, 0.05) is 17.3 Å². The molecule has 27 heavy (non-hydrogen) atoms. The number of ether oxygens (including phenoxy) is 3. The maximum atomic E-state index is 12.4. The third kappa shape index (κ3) is 6.14. The number of nitrogens with one attached hydrogen (secondary N) is 2. The number of carbonyl (C=O) groups is 1. The summed E-state index contributed by atoms with van der Waals surface area (Å²) in [7, 11) is 3.12. The van der Waals surface area contributed by atoms with Crippen LogP contribution in [0.15, 0.2) is 42.5 Å². The number of methoxy groups -OCH3 is 2. The van der Waals surface area contributed by atoms with Crippen LogP contribution in [0.25, 0.3) is 0 Å². The molecule has 0 atom stereocenters. The molecule has 0 radical (unpaired) electrons. The molecule has 0 heterocycles. The van der Waals surface area contributed by atoms with Crippen LogP contribution in [0.2, 0.25) is 0 Å². The van der Waals surface area contributed by atoms with Crippen LogP contribution < -0.4 is 24.8 Å². The average Bonchev–Trinajstić information content (AvgIpc) is 2.66. The van der Waals surface area contributed by atoms with Crippen molar-refractivity contribution in [2.75, 3.05) is 26.1 Å². The van der Waals surface area contributed by atoms with E-state index in [1.54, 1.807) is 50.6 Å². The van der Waals surface area contributed by atoms with Crippen LogP contribution in [0.3, 0.4) is 0 Å². The van der Waals surface area contributed by atoms with Crippen LogP contribution in [0, 0.1) is 5.92 Å². The lowest BCUT2D eigenvalue weighted by Crippen LogP contribution is -2.34. The first-order chi connectivity index (χ1) is 12.9. The molecule has 2 aromatic carbocycles. The van der Waals surface area contributed by atoms with Crippen LogP contribution in [0.1, 0.15) is 24.2 Å². The van der Waals surface area contributed by atoms with Gasteiger partial charge in [-0.25, -0.2) is 0 Å². The largest absolute Gasteiger partial charge is 0.493 e. The van der Waals surface area contributed by atoms with E-state index in [0.717, 1.165) is 0 Å². The zero-order valence-corrected chi connectivity index (χ0v) is 16.7. The van der Waals surface area contributed by atoms with Gasteiger partial charge in [-0.2, -0.15) is 0 Å². The summed E-state index contributed by atoms with van der Waals surface area (Å²) in [5, 5.41) is 5.79. The standard InChI is InChI=1S/C20H24N2O4S/c1-13(2)12-26-16-7-5-6-14(10-16)19(23)22-20(27)21-15-8-9-17(24-3)18(11-15)25-4/h5-11,13H,12H2,1-4H3,(H2,21,22,23,27). The molecule has 0 aliphatic heterocycles. The lowest BCUT2D eigenvalue weighted by atomic mass is 10.2. The van der Waals surface area contributed by atoms with Crippen molar-refractivity contribution in [3.63, 3.8) is 0 Å². The van der Waals surface area contributed by atoms with Crippen molar-refractivity contribution >= 4 is 28.9 Å². The van der Waals surface area contributed by atoms with Crippen molar-refractivity contribution in [3.8, 4) is 17.2 Å². The summed E-state index contributed by atoms with van der Waals surface area (Å²) in [5.74, 6) is 1.90. The van der Waals surface area contributed by atoms with Gasteiger partial charge in [-0.15, -0.1) is 0 Å². The molecule has 0 unspecified atom stereocenters. The van der Waals surface area contributed by atoms with Gasteiger partial charge in [0.05, 0.1) is 20.8 Å². The first kappa shape index (κ1) is 20.5. The maximum Gasteiger partial charge on any atom is 0.257 e. The fraction of sp³-hybridized carbons (Fsp3) is 0.300. The van der Waals surface area contributed by atoms with Crippen LogP contribution in [0.4, 0.5) is 5.69 Å². The molecule has 0 saturated carbocycles. The van der Waals surface area contributed by atoms with Crippen LogP contribution >= 0.6 is 12.2 Å². The molecule has 0 aliphatic carbocycles. The molecule has 2 N–H and O–H groups in total. The molecule has 1 amide bonds. The van der Waals surface area contributed by atoms with E-state index in [1.165, 1.54) is 0 Å². The summed E-state index contributed by atoms with van der Waals surface area (Å²) in [6.07, 6.45) is 0. The zero-order valence-electron chi connectivity index (χ0n) is 15.9. The van der Waals surface area contributed by atoms with E-state index in [0.29, 0.717) is 41.0 Å². The highest BCUT2D eigenvalue weighted by Gasteiger charge is 2.11. The normalized spacial score (nSPS) is 10.3. The van der Waals surface area contributed by atoms with E-state index < -0.39 is 0 Å². The predicted octanol–water partition coefficient (Wildman–Crippen LogP) is 3.87. The van der Waals surface area contributed by atoms with Gasteiger partial charge in [-0.05, 0) is 48.5 Å².